The molecule has 1 aliphatic heterocycles. The number of hydrogen-bond donors (Lipinski definition) is 1. The van der Waals surface area contributed by atoms with Crippen LogP contribution in [0.3, 0.4) is 0 Å². The highest BCUT2D eigenvalue weighted by molar-refractivity contribution is 5.76. The molecule has 0 aliphatic carbocycles. The largest absolute Gasteiger partial charge is 0.336 e. The Morgan fingerprint density at radius 1 is 1.25 bits per heavy atom. The van der Waals surface area contributed by atoms with Crippen molar-refractivity contribution in [2.75, 3.05) is 13.1 Å². The normalized spacial score (nSPS) is 16.4. The molecule has 0 unspecified atom stereocenters. The highest BCUT2D eigenvalue weighted by Crippen LogP contribution is 2.19. The van der Waals surface area contributed by atoms with E-state index in [1.165, 1.54) is 5.56 Å². The summed E-state index contributed by atoms with van der Waals surface area (Å²) < 4.78 is 0. The maximum atomic E-state index is 12.6. The van der Waals surface area contributed by atoms with E-state index in [4.69, 9.17) is 0 Å². The van der Waals surface area contributed by atoms with Gasteiger partial charge in [-0.1, -0.05) is 30.3 Å². The van der Waals surface area contributed by atoms with Gasteiger partial charge in [-0.05, 0) is 51.3 Å². The second-order valence-electron chi connectivity index (χ2n) is 6.00. The van der Waals surface area contributed by atoms with Crippen LogP contribution in [0.1, 0.15) is 38.7 Å². The summed E-state index contributed by atoms with van der Waals surface area (Å²) in [6.07, 6.45) is 2.96. The average molecular weight is 274 g/mol. The van der Waals surface area contributed by atoms with Gasteiger partial charge < -0.3 is 10.2 Å². The van der Waals surface area contributed by atoms with Gasteiger partial charge in [-0.25, -0.2) is 0 Å². The van der Waals surface area contributed by atoms with E-state index in [2.05, 4.69) is 31.3 Å². The van der Waals surface area contributed by atoms with E-state index in [9.17, 15) is 4.79 Å². The molecule has 0 atom stereocenters. The fourth-order valence-corrected chi connectivity index (χ4v) is 2.79. The van der Waals surface area contributed by atoms with Crippen LogP contribution >= 0.6 is 0 Å². The standard InChI is InChI=1S/C17H26N2O/c1-14(2)19(13-16-6-4-3-5-7-16)17(20)12-15-8-10-18-11-9-15/h3-7,14-15,18H,8-13H2,1-2H3. The molecule has 1 N–H and O–H groups in total. The zero-order chi connectivity index (χ0) is 14.4. The summed E-state index contributed by atoms with van der Waals surface area (Å²) in [7, 11) is 0. The van der Waals surface area contributed by atoms with Crippen LogP contribution in [0.5, 0.6) is 0 Å². The molecule has 2 rings (SSSR count). The Morgan fingerprint density at radius 3 is 2.50 bits per heavy atom. The summed E-state index contributed by atoms with van der Waals surface area (Å²) in [6, 6.07) is 10.5. The second kappa shape index (κ2) is 7.44. The zero-order valence-electron chi connectivity index (χ0n) is 12.6. The molecular formula is C17H26N2O. The first-order chi connectivity index (χ1) is 9.66. The van der Waals surface area contributed by atoms with Crippen LogP contribution in [0.4, 0.5) is 0 Å². The monoisotopic (exact) mass is 274 g/mol. The van der Waals surface area contributed by atoms with Crippen molar-refractivity contribution in [2.24, 2.45) is 5.92 Å². The Kier molecular flexibility index (Phi) is 5.60. The van der Waals surface area contributed by atoms with Crippen molar-refractivity contribution in [2.45, 2.75) is 45.7 Å². The molecule has 1 amide bonds. The van der Waals surface area contributed by atoms with Crippen LogP contribution < -0.4 is 5.32 Å². The lowest BCUT2D eigenvalue weighted by Crippen LogP contribution is -2.38. The van der Waals surface area contributed by atoms with Crippen LogP contribution in [0.2, 0.25) is 0 Å². The number of hydrogen-bond acceptors (Lipinski definition) is 2. The SMILES string of the molecule is CC(C)N(Cc1ccccc1)C(=O)CC1CCNCC1. The molecule has 1 aromatic rings. The number of carbonyl (C=O) groups excluding carboxylic acids is 1. The van der Waals surface area contributed by atoms with Crippen LogP contribution in [-0.4, -0.2) is 29.9 Å². The molecule has 0 saturated carbocycles. The molecule has 0 aromatic heterocycles. The van der Waals surface area contributed by atoms with Gasteiger partial charge in [0.2, 0.25) is 5.91 Å². The van der Waals surface area contributed by atoms with Gasteiger partial charge in [0.1, 0.15) is 0 Å². The number of piperidine rings is 1. The van der Waals surface area contributed by atoms with Gasteiger partial charge >= 0.3 is 0 Å². The molecule has 0 radical (unpaired) electrons. The van der Waals surface area contributed by atoms with E-state index in [1.807, 2.05) is 23.1 Å². The summed E-state index contributed by atoms with van der Waals surface area (Å²) in [5.41, 5.74) is 1.21. The molecule has 1 aliphatic rings. The Morgan fingerprint density at radius 2 is 1.90 bits per heavy atom. The van der Waals surface area contributed by atoms with Gasteiger partial charge in [-0.2, -0.15) is 0 Å². The van der Waals surface area contributed by atoms with Gasteiger partial charge in [0.15, 0.2) is 0 Å². The van der Waals surface area contributed by atoms with E-state index >= 15 is 0 Å². The lowest BCUT2D eigenvalue weighted by Gasteiger charge is -2.30. The maximum Gasteiger partial charge on any atom is 0.223 e. The lowest BCUT2D eigenvalue weighted by atomic mass is 9.94. The number of carbonyl (C=O) groups is 1. The third-order valence-electron chi connectivity index (χ3n) is 4.06. The first-order valence-corrected chi connectivity index (χ1v) is 7.71. The summed E-state index contributed by atoms with van der Waals surface area (Å²) in [5, 5.41) is 3.35. The van der Waals surface area contributed by atoms with Crippen molar-refractivity contribution in [3.05, 3.63) is 35.9 Å². The average Bonchev–Trinajstić information content (AvgIpc) is 2.46. The summed E-state index contributed by atoms with van der Waals surface area (Å²) in [6.45, 7) is 7.03. The van der Waals surface area contributed by atoms with Crippen molar-refractivity contribution in [3.8, 4) is 0 Å². The van der Waals surface area contributed by atoms with E-state index in [0.29, 0.717) is 18.2 Å². The Hall–Kier alpha value is -1.35. The number of benzene rings is 1. The molecule has 110 valence electrons. The lowest BCUT2D eigenvalue weighted by molar-refractivity contribution is -0.134. The fraction of sp³-hybridized carbons (Fsp3) is 0.588. The molecule has 20 heavy (non-hydrogen) atoms. The van der Waals surface area contributed by atoms with Gasteiger partial charge in [0.25, 0.3) is 0 Å². The van der Waals surface area contributed by atoms with Crippen LogP contribution in [-0.2, 0) is 11.3 Å². The quantitative estimate of drug-likeness (QED) is 0.895. The van der Waals surface area contributed by atoms with Crippen molar-refractivity contribution in [3.63, 3.8) is 0 Å². The highest BCUT2D eigenvalue weighted by Gasteiger charge is 2.22. The molecule has 0 bridgehead atoms. The maximum absolute atomic E-state index is 12.6. The van der Waals surface area contributed by atoms with Crippen molar-refractivity contribution < 1.29 is 4.79 Å². The van der Waals surface area contributed by atoms with E-state index in [-0.39, 0.29) is 6.04 Å². The molecule has 1 heterocycles. The van der Waals surface area contributed by atoms with Crippen LogP contribution in [0.25, 0.3) is 0 Å². The summed E-state index contributed by atoms with van der Waals surface area (Å²) >= 11 is 0. The van der Waals surface area contributed by atoms with E-state index in [0.717, 1.165) is 32.5 Å². The summed E-state index contributed by atoms with van der Waals surface area (Å²) in [5.74, 6) is 0.858. The molecule has 1 fully saturated rings. The topological polar surface area (TPSA) is 32.3 Å². The highest BCUT2D eigenvalue weighted by atomic mass is 16.2. The van der Waals surface area contributed by atoms with Crippen molar-refractivity contribution in [1.82, 2.24) is 10.2 Å². The smallest absolute Gasteiger partial charge is 0.223 e. The molecule has 0 spiro atoms. The number of amides is 1. The van der Waals surface area contributed by atoms with Gasteiger partial charge in [-0.3, -0.25) is 4.79 Å². The Bertz CT molecular complexity index is 410. The molecule has 3 heteroatoms. The Balaban J connectivity index is 1.95. The van der Waals surface area contributed by atoms with Crippen molar-refractivity contribution >= 4 is 5.91 Å². The van der Waals surface area contributed by atoms with Gasteiger partial charge in [-0.15, -0.1) is 0 Å². The minimum absolute atomic E-state index is 0.254. The minimum atomic E-state index is 0.254. The second-order valence-corrected chi connectivity index (χ2v) is 6.00. The molecule has 1 saturated heterocycles. The first kappa shape index (κ1) is 15.0. The predicted octanol–water partition coefficient (Wildman–Crippen LogP) is 2.81. The minimum Gasteiger partial charge on any atom is -0.336 e. The third-order valence-corrected chi connectivity index (χ3v) is 4.06. The van der Waals surface area contributed by atoms with Gasteiger partial charge in [0, 0.05) is 19.0 Å². The Labute approximate surface area is 122 Å². The fourth-order valence-electron chi connectivity index (χ4n) is 2.79. The van der Waals surface area contributed by atoms with E-state index in [1.54, 1.807) is 0 Å². The van der Waals surface area contributed by atoms with E-state index < -0.39 is 0 Å². The third kappa shape index (κ3) is 4.34. The number of nitrogens with one attached hydrogen (secondary N) is 1. The predicted molar refractivity (Wildman–Crippen MR) is 82.3 cm³/mol. The molecular weight excluding hydrogens is 248 g/mol. The first-order valence-electron chi connectivity index (χ1n) is 7.71. The number of rotatable bonds is 5. The van der Waals surface area contributed by atoms with Crippen molar-refractivity contribution in [1.29, 1.82) is 0 Å². The number of nitrogens with zero attached hydrogens (tertiary/aromatic N) is 1. The van der Waals surface area contributed by atoms with Crippen LogP contribution in [0.15, 0.2) is 30.3 Å². The molecule has 3 nitrogen and oxygen atoms in total. The molecule has 1 aromatic carbocycles. The van der Waals surface area contributed by atoms with Crippen LogP contribution in [0, 0.1) is 5.92 Å². The van der Waals surface area contributed by atoms with Gasteiger partial charge in [0.05, 0.1) is 0 Å². The summed E-state index contributed by atoms with van der Waals surface area (Å²) in [4.78, 5) is 14.6. The zero-order valence-corrected chi connectivity index (χ0v) is 12.6.